The molecule has 0 atom stereocenters. The average Bonchev–Trinajstić information content (AvgIpc) is 2.29. The molecule has 0 saturated carbocycles. The Hall–Kier alpha value is -1.11. The summed E-state index contributed by atoms with van der Waals surface area (Å²) in [5, 5.41) is 0. The van der Waals surface area contributed by atoms with E-state index < -0.39 is 5.82 Å². The summed E-state index contributed by atoms with van der Waals surface area (Å²) in [6, 6.07) is 2.74. The summed E-state index contributed by atoms with van der Waals surface area (Å²) in [7, 11) is 5.09. The van der Waals surface area contributed by atoms with E-state index >= 15 is 0 Å². The van der Waals surface area contributed by atoms with E-state index in [1.54, 1.807) is 18.0 Å². The van der Waals surface area contributed by atoms with E-state index in [4.69, 9.17) is 4.74 Å². The van der Waals surface area contributed by atoms with Gasteiger partial charge in [0.1, 0.15) is 11.6 Å². The van der Waals surface area contributed by atoms with Gasteiger partial charge in [0.25, 0.3) is 0 Å². The van der Waals surface area contributed by atoms with E-state index in [2.05, 4.69) is 0 Å². The highest BCUT2D eigenvalue weighted by Gasteiger charge is 2.16. The fraction of sp³-hybridized carbons (Fsp3) is 0.308. The zero-order valence-electron chi connectivity index (χ0n) is 10.8. The fourth-order valence-corrected chi connectivity index (χ4v) is 2.20. The lowest BCUT2D eigenvalue weighted by Crippen LogP contribution is -2.10. The van der Waals surface area contributed by atoms with Crippen molar-refractivity contribution in [3.05, 3.63) is 38.9 Å². The second kappa shape index (κ2) is 6.17. The summed E-state index contributed by atoms with van der Waals surface area (Å²) >= 11 is 2.01. The second-order valence-corrected chi connectivity index (χ2v) is 5.23. The monoisotopic (exact) mass is 363 g/mol. The molecule has 0 aromatic heterocycles. The van der Waals surface area contributed by atoms with Crippen molar-refractivity contribution in [2.45, 2.75) is 6.92 Å². The first kappa shape index (κ1) is 14.9. The van der Waals surface area contributed by atoms with Crippen LogP contribution in [0.15, 0.2) is 23.9 Å². The van der Waals surface area contributed by atoms with E-state index in [1.165, 1.54) is 19.2 Å². The summed E-state index contributed by atoms with van der Waals surface area (Å²) in [6.07, 6.45) is 1.67. The highest BCUT2D eigenvalue weighted by atomic mass is 127. The van der Waals surface area contributed by atoms with Gasteiger partial charge in [0, 0.05) is 31.9 Å². The van der Waals surface area contributed by atoms with Crippen molar-refractivity contribution < 1.29 is 13.9 Å². The molecule has 0 saturated heterocycles. The lowest BCUT2D eigenvalue weighted by Gasteiger charge is -2.10. The summed E-state index contributed by atoms with van der Waals surface area (Å²) < 4.78 is 19.5. The SMILES string of the molecule is COc1cc(F)c(C(=O)C(C)=CN(C)C)cc1I. The van der Waals surface area contributed by atoms with Gasteiger partial charge in [-0.15, -0.1) is 0 Å². The molecule has 0 radical (unpaired) electrons. The van der Waals surface area contributed by atoms with E-state index in [1.807, 2.05) is 36.7 Å². The van der Waals surface area contributed by atoms with E-state index in [9.17, 15) is 9.18 Å². The normalized spacial score (nSPS) is 11.3. The molecule has 0 bridgehead atoms. The van der Waals surface area contributed by atoms with E-state index in [-0.39, 0.29) is 11.3 Å². The van der Waals surface area contributed by atoms with Crippen molar-refractivity contribution in [2.75, 3.05) is 21.2 Å². The number of hydrogen-bond acceptors (Lipinski definition) is 3. The van der Waals surface area contributed by atoms with Crippen LogP contribution in [0.3, 0.4) is 0 Å². The predicted octanol–water partition coefficient (Wildman–Crippen LogP) is 3.09. The smallest absolute Gasteiger partial charge is 0.193 e. The third kappa shape index (κ3) is 3.44. The Bertz CT molecular complexity index is 498. The van der Waals surface area contributed by atoms with Gasteiger partial charge in [0.2, 0.25) is 0 Å². The molecule has 0 N–H and O–H groups in total. The van der Waals surface area contributed by atoms with Crippen LogP contribution in [-0.2, 0) is 0 Å². The molecule has 0 amide bonds. The van der Waals surface area contributed by atoms with Crippen LogP contribution in [0.4, 0.5) is 4.39 Å². The number of carbonyl (C=O) groups excluding carboxylic acids is 1. The van der Waals surface area contributed by atoms with Crippen molar-refractivity contribution in [2.24, 2.45) is 0 Å². The lowest BCUT2D eigenvalue weighted by atomic mass is 10.0. The maximum atomic E-state index is 13.8. The van der Waals surface area contributed by atoms with Gasteiger partial charge in [-0.3, -0.25) is 4.79 Å². The molecule has 0 heterocycles. The van der Waals surface area contributed by atoms with Crippen molar-refractivity contribution >= 4 is 28.4 Å². The van der Waals surface area contributed by atoms with E-state index in [0.717, 1.165) is 0 Å². The molecule has 0 aliphatic rings. The standard InChI is InChI=1S/C13H15FINO2/c1-8(7-16(2)3)13(17)9-5-11(15)12(18-4)6-10(9)14/h5-7H,1-4H3. The molecule has 1 aromatic carbocycles. The Morgan fingerprint density at radius 1 is 1.44 bits per heavy atom. The minimum Gasteiger partial charge on any atom is -0.496 e. The van der Waals surface area contributed by atoms with Crippen LogP contribution in [0.1, 0.15) is 17.3 Å². The molecule has 3 nitrogen and oxygen atoms in total. The van der Waals surface area contributed by atoms with Crippen LogP contribution in [0.5, 0.6) is 5.75 Å². The van der Waals surface area contributed by atoms with Gasteiger partial charge in [0.05, 0.1) is 16.2 Å². The highest BCUT2D eigenvalue weighted by molar-refractivity contribution is 14.1. The third-order valence-corrected chi connectivity index (χ3v) is 3.14. The van der Waals surface area contributed by atoms with Gasteiger partial charge in [-0.05, 0) is 35.6 Å². The van der Waals surface area contributed by atoms with Gasteiger partial charge >= 0.3 is 0 Å². The van der Waals surface area contributed by atoms with Crippen molar-refractivity contribution in [3.63, 3.8) is 0 Å². The summed E-state index contributed by atoms with van der Waals surface area (Å²) in [6.45, 7) is 1.67. The Balaban J connectivity index is 3.19. The number of allylic oxidation sites excluding steroid dienone is 1. The van der Waals surface area contributed by atoms with Gasteiger partial charge in [-0.1, -0.05) is 0 Å². The van der Waals surface area contributed by atoms with Crippen LogP contribution < -0.4 is 4.74 Å². The number of halogens is 2. The van der Waals surface area contributed by atoms with Crippen LogP contribution in [0, 0.1) is 9.39 Å². The Kier molecular flexibility index (Phi) is 5.13. The first-order chi connectivity index (χ1) is 8.36. The summed E-state index contributed by atoms with van der Waals surface area (Å²) in [5.74, 6) is -0.454. The van der Waals surface area contributed by atoms with Gasteiger partial charge in [-0.2, -0.15) is 0 Å². The zero-order chi connectivity index (χ0) is 13.9. The molecule has 0 unspecified atom stereocenters. The number of methoxy groups -OCH3 is 1. The van der Waals surface area contributed by atoms with Gasteiger partial charge < -0.3 is 9.64 Å². The van der Waals surface area contributed by atoms with Crippen molar-refractivity contribution in [1.29, 1.82) is 0 Å². The molecule has 98 valence electrons. The molecule has 0 spiro atoms. The average molecular weight is 363 g/mol. The molecular formula is C13H15FINO2. The van der Waals surface area contributed by atoms with E-state index in [0.29, 0.717) is 14.9 Å². The Morgan fingerprint density at radius 2 is 2.06 bits per heavy atom. The number of hydrogen-bond donors (Lipinski definition) is 0. The van der Waals surface area contributed by atoms with Crippen molar-refractivity contribution in [1.82, 2.24) is 4.90 Å². The fourth-order valence-electron chi connectivity index (χ4n) is 1.52. The molecule has 0 aliphatic heterocycles. The van der Waals surface area contributed by atoms with Crippen LogP contribution >= 0.6 is 22.6 Å². The quantitative estimate of drug-likeness (QED) is 0.468. The summed E-state index contributed by atoms with van der Waals surface area (Å²) in [5.41, 5.74) is 0.552. The summed E-state index contributed by atoms with van der Waals surface area (Å²) in [4.78, 5) is 13.8. The molecular weight excluding hydrogens is 348 g/mol. The molecule has 1 aromatic rings. The van der Waals surface area contributed by atoms with Crippen LogP contribution in [0.25, 0.3) is 0 Å². The maximum Gasteiger partial charge on any atom is 0.193 e. The van der Waals surface area contributed by atoms with Crippen molar-refractivity contribution in [3.8, 4) is 5.75 Å². The predicted molar refractivity (Wildman–Crippen MR) is 77.4 cm³/mol. The first-order valence-corrected chi connectivity index (χ1v) is 6.37. The minimum atomic E-state index is -0.566. The number of ketones is 1. The van der Waals surface area contributed by atoms with Gasteiger partial charge in [0.15, 0.2) is 5.78 Å². The Labute approximate surface area is 120 Å². The second-order valence-electron chi connectivity index (χ2n) is 4.07. The third-order valence-electron chi connectivity index (χ3n) is 2.30. The van der Waals surface area contributed by atoms with Gasteiger partial charge in [-0.25, -0.2) is 4.39 Å². The Morgan fingerprint density at radius 3 is 2.56 bits per heavy atom. The number of Topliss-reactive ketones (excluding diaryl/α,β-unsaturated/α-hetero) is 1. The first-order valence-electron chi connectivity index (χ1n) is 5.29. The molecule has 0 fully saturated rings. The van der Waals surface area contributed by atoms with Crippen LogP contribution in [0.2, 0.25) is 0 Å². The van der Waals surface area contributed by atoms with Crippen LogP contribution in [-0.4, -0.2) is 31.9 Å². The number of rotatable bonds is 4. The number of benzene rings is 1. The largest absolute Gasteiger partial charge is 0.496 e. The maximum absolute atomic E-state index is 13.8. The molecule has 18 heavy (non-hydrogen) atoms. The minimum absolute atomic E-state index is 0.0656. The molecule has 0 aliphatic carbocycles. The lowest BCUT2D eigenvalue weighted by molar-refractivity contribution is 0.102. The number of carbonyl (C=O) groups is 1. The number of nitrogens with zero attached hydrogens (tertiary/aromatic N) is 1. The highest BCUT2D eigenvalue weighted by Crippen LogP contribution is 2.25. The topological polar surface area (TPSA) is 29.5 Å². The number of ether oxygens (including phenoxy) is 1. The molecule has 1 rings (SSSR count). The molecule has 5 heteroatoms. The zero-order valence-corrected chi connectivity index (χ0v) is 12.9.